The maximum atomic E-state index is 9.38. The Kier molecular flexibility index (Phi) is 4.44. The predicted molar refractivity (Wildman–Crippen MR) is 68.9 cm³/mol. The van der Waals surface area contributed by atoms with Crippen molar-refractivity contribution in [3.05, 3.63) is 47.8 Å². The second kappa shape index (κ2) is 6.28. The molecule has 2 aromatic rings. The third kappa shape index (κ3) is 3.38. The van der Waals surface area contributed by atoms with Crippen LogP contribution in [0.5, 0.6) is 0 Å². The summed E-state index contributed by atoms with van der Waals surface area (Å²) in [6.07, 6.45) is 2.53. The lowest BCUT2D eigenvalue weighted by Gasteiger charge is -2.16. The van der Waals surface area contributed by atoms with Crippen LogP contribution in [0, 0.1) is 0 Å². The summed E-state index contributed by atoms with van der Waals surface area (Å²) in [7, 11) is 1.86. The van der Waals surface area contributed by atoms with E-state index in [1.165, 1.54) is 5.56 Å². The molecule has 18 heavy (non-hydrogen) atoms. The van der Waals surface area contributed by atoms with Gasteiger partial charge in [-0.05, 0) is 12.0 Å². The lowest BCUT2D eigenvalue weighted by atomic mass is 10.1. The van der Waals surface area contributed by atoms with Crippen LogP contribution in [0.25, 0.3) is 0 Å². The van der Waals surface area contributed by atoms with Crippen LogP contribution in [-0.2, 0) is 20.0 Å². The van der Waals surface area contributed by atoms with E-state index < -0.39 is 0 Å². The summed E-state index contributed by atoms with van der Waals surface area (Å²) in [4.78, 5) is 0. The van der Waals surface area contributed by atoms with E-state index in [1.807, 2.05) is 25.2 Å². The van der Waals surface area contributed by atoms with Crippen LogP contribution in [0.3, 0.4) is 0 Å². The largest absolute Gasteiger partial charge is 0.395 e. The van der Waals surface area contributed by atoms with E-state index in [-0.39, 0.29) is 12.6 Å². The van der Waals surface area contributed by atoms with Gasteiger partial charge in [0.2, 0.25) is 0 Å². The maximum absolute atomic E-state index is 9.38. The van der Waals surface area contributed by atoms with Gasteiger partial charge in [-0.1, -0.05) is 35.5 Å². The molecular weight excluding hydrogens is 228 g/mol. The Bertz CT molecular complexity index is 469. The minimum atomic E-state index is 0.0438. The Labute approximate surface area is 106 Å². The quantitative estimate of drug-likeness (QED) is 0.779. The number of nitrogens with one attached hydrogen (secondary N) is 1. The van der Waals surface area contributed by atoms with Gasteiger partial charge < -0.3 is 10.4 Å². The molecule has 0 aliphatic heterocycles. The van der Waals surface area contributed by atoms with Crippen molar-refractivity contribution >= 4 is 0 Å². The highest BCUT2D eigenvalue weighted by atomic mass is 16.3. The lowest BCUT2D eigenvalue weighted by Crippen LogP contribution is -2.34. The average molecular weight is 246 g/mol. The van der Waals surface area contributed by atoms with E-state index >= 15 is 0 Å². The van der Waals surface area contributed by atoms with Gasteiger partial charge in [0.1, 0.15) is 0 Å². The normalized spacial score (nSPS) is 12.6. The first-order valence-corrected chi connectivity index (χ1v) is 6.01. The van der Waals surface area contributed by atoms with E-state index in [2.05, 4.69) is 27.8 Å². The van der Waals surface area contributed by atoms with Crippen LogP contribution < -0.4 is 5.32 Å². The zero-order chi connectivity index (χ0) is 12.8. The van der Waals surface area contributed by atoms with Crippen molar-refractivity contribution in [3.63, 3.8) is 0 Å². The molecule has 5 heteroatoms. The highest BCUT2D eigenvalue weighted by molar-refractivity contribution is 5.16. The zero-order valence-corrected chi connectivity index (χ0v) is 10.5. The Hall–Kier alpha value is -1.72. The monoisotopic (exact) mass is 246 g/mol. The smallest absolute Gasteiger partial charge is 0.0738 e. The summed E-state index contributed by atoms with van der Waals surface area (Å²) in [5.74, 6) is 0. The van der Waals surface area contributed by atoms with Gasteiger partial charge in [-0.2, -0.15) is 0 Å². The van der Waals surface area contributed by atoms with Gasteiger partial charge in [0.05, 0.1) is 18.5 Å². The maximum Gasteiger partial charge on any atom is 0.0738 e. The molecule has 0 saturated heterocycles. The van der Waals surface area contributed by atoms with E-state index in [9.17, 15) is 5.11 Å². The molecule has 0 saturated carbocycles. The van der Waals surface area contributed by atoms with Crippen LogP contribution in [-0.4, -0.2) is 32.7 Å². The summed E-state index contributed by atoms with van der Waals surface area (Å²) < 4.78 is 1.73. The minimum absolute atomic E-state index is 0.0438. The van der Waals surface area contributed by atoms with Gasteiger partial charge in [0, 0.05) is 19.6 Å². The third-order valence-electron chi connectivity index (χ3n) is 2.93. The number of aromatic nitrogens is 3. The predicted octanol–water partition coefficient (Wildman–Crippen LogP) is 0.508. The molecular formula is C13H18N4O. The molecule has 2 rings (SSSR count). The Morgan fingerprint density at radius 2 is 2.11 bits per heavy atom. The average Bonchev–Trinajstić information content (AvgIpc) is 2.81. The molecule has 0 fully saturated rings. The molecule has 1 atom stereocenters. The van der Waals surface area contributed by atoms with Gasteiger partial charge >= 0.3 is 0 Å². The summed E-state index contributed by atoms with van der Waals surface area (Å²) >= 11 is 0. The van der Waals surface area contributed by atoms with Crippen molar-refractivity contribution in [1.29, 1.82) is 0 Å². The summed E-state index contributed by atoms with van der Waals surface area (Å²) in [6, 6.07) is 10.2. The molecule has 0 aliphatic rings. The molecule has 1 aromatic carbocycles. The number of hydrogen-bond donors (Lipinski definition) is 2. The molecule has 1 heterocycles. The SMILES string of the molecule is Cn1nncc1CN[C@H](CO)Cc1ccccc1. The van der Waals surface area contributed by atoms with Crippen molar-refractivity contribution in [2.75, 3.05) is 6.61 Å². The first-order valence-electron chi connectivity index (χ1n) is 6.01. The fourth-order valence-corrected chi connectivity index (χ4v) is 1.82. The second-order valence-electron chi connectivity index (χ2n) is 4.30. The van der Waals surface area contributed by atoms with E-state index in [4.69, 9.17) is 0 Å². The van der Waals surface area contributed by atoms with Crippen molar-refractivity contribution < 1.29 is 5.11 Å². The highest BCUT2D eigenvalue weighted by Gasteiger charge is 2.09. The number of benzene rings is 1. The number of aliphatic hydroxyl groups is 1. The summed E-state index contributed by atoms with van der Waals surface area (Å²) in [5, 5.41) is 20.4. The van der Waals surface area contributed by atoms with Gasteiger partial charge in [0.25, 0.3) is 0 Å². The number of rotatable bonds is 6. The molecule has 0 radical (unpaired) electrons. The standard InChI is InChI=1S/C13H18N4O/c1-17-13(9-15-16-17)8-14-12(10-18)7-11-5-3-2-4-6-11/h2-6,9,12,14,18H,7-8,10H2,1H3/t12-/m0/s1. The highest BCUT2D eigenvalue weighted by Crippen LogP contribution is 2.03. The van der Waals surface area contributed by atoms with E-state index in [0.717, 1.165) is 12.1 Å². The fourth-order valence-electron chi connectivity index (χ4n) is 1.82. The number of hydrogen-bond acceptors (Lipinski definition) is 4. The molecule has 2 N–H and O–H groups in total. The van der Waals surface area contributed by atoms with E-state index in [0.29, 0.717) is 6.54 Å². The van der Waals surface area contributed by atoms with Crippen molar-refractivity contribution in [2.45, 2.75) is 19.0 Å². The molecule has 5 nitrogen and oxygen atoms in total. The topological polar surface area (TPSA) is 63.0 Å². The third-order valence-corrected chi connectivity index (χ3v) is 2.93. The van der Waals surface area contributed by atoms with Gasteiger partial charge in [-0.3, -0.25) is 4.68 Å². The number of aryl methyl sites for hydroxylation is 1. The van der Waals surface area contributed by atoms with Crippen LogP contribution in [0.2, 0.25) is 0 Å². The molecule has 0 aliphatic carbocycles. The first-order chi connectivity index (χ1) is 8.79. The lowest BCUT2D eigenvalue weighted by molar-refractivity contribution is 0.240. The fraction of sp³-hybridized carbons (Fsp3) is 0.385. The summed E-state index contributed by atoms with van der Waals surface area (Å²) in [5.41, 5.74) is 2.22. The zero-order valence-electron chi connectivity index (χ0n) is 10.5. The Balaban J connectivity index is 1.88. The molecule has 1 aromatic heterocycles. The molecule has 96 valence electrons. The van der Waals surface area contributed by atoms with Gasteiger partial charge in [-0.25, -0.2) is 0 Å². The van der Waals surface area contributed by atoms with Crippen LogP contribution in [0.15, 0.2) is 36.5 Å². The molecule has 0 amide bonds. The van der Waals surface area contributed by atoms with E-state index in [1.54, 1.807) is 10.9 Å². The van der Waals surface area contributed by atoms with Crippen LogP contribution in [0.1, 0.15) is 11.3 Å². The van der Waals surface area contributed by atoms with Gasteiger partial charge in [-0.15, -0.1) is 5.10 Å². The molecule has 0 bridgehead atoms. The minimum Gasteiger partial charge on any atom is -0.395 e. The second-order valence-corrected chi connectivity index (χ2v) is 4.30. The van der Waals surface area contributed by atoms with Crippen LogP contribution >= 0.6 is 0 Å². The van der Waals surface area contributed by atoms with Crippen molar-refractivity contribution in [3.8, 4) is 0 Å². The Morgan fingerprint density at radius 3 is 2.72 bits per heavy atom. The number of nitrogens with zero attached hydrogens (tertiary/aromatic N) is 3. The van der Waals surface area contributed by atoms with Crippen LogP contribution in [0.4, 0.5) is 0 Å². The van der Waals surface area contributed by atoms with Crippen molar-refractivity contribution in [2.24, 2.45) is 7.05 Å². The first kappa shape index (κ1) is 12.7. The number of aliphatic hydroxyl groups excluding tert-OH is 1. The van der Waals surface area contributed by atoms with Crippen molar-refractivity contribution in [1.82, 2.24) is 20.3 Å². The molecule has 0 spiro atoms. The van der Waals surface area contributed by atoms with Gasteiger partial charge in [0.15, 0.2) is 0 Å². The summed E-state index contributed by atoms with van der Waals surface area (Å²) in [6.45, 7) is 0.766. The molecule has 0 unspecified atom stereocenters. The Morgan fingerprint density at radius 1 is 1.33 bits per heavy atom.